The summed E-state index contributed by atoms with van der Waals surface area (Å²) in [6.45, 7) is 3.45. The molecule has 0 bridgehead atoms. The van der Waals surface area contributed by atoms with Gasteiger partial charge >= 0.3 is 0 Å². The Balaban J connectivity index is 1.83. The van der Waals surface area contributed by atoms with Crippen LogP contribution in [0.4, 0.5) is 0 Å². The molecule has 1 fully saturated rings. The standard InChI is InChI=1S/C10H11Cl2N3O2/c1-6(16)15-3-7(4-15)5-17-9-8(11)2-13-10(12)14-9/h2,7H,3-5H2,1H3. The lowest BCUT2D eigenvalue weighted by Crippen LogP contribution is -2.51. The van der Waals surface area contributed by atoms with Crippen molar-refractivity contribution >= 4 is 29.1 Å². The molecule has 0 radical (unpaired) electrons. The molecule has 1 saturated heterocycles. The maximum Gasteiger partial charge on any atom is 0.237 e. The molecule has 2 heterocycles. The first-order valence-corrected chi connectivity index (χ1v) is 5.88. The third-order valence-electron chi connectivity index (χ3n) is 2.54. The molecule has 7 heteroatoms. The smallest absolute Gasteiger partial charge is 0.237 e. The summed E-state index contributed by atoms with van der Waals surface area (Å²) in [5.41, 5.74) is 0. The van der Waals surface area contributed by atoms with Gasteiger partial charge in [0.15, 0.2) is 0 Å². The Morgan fingerprint density at radius 3 is 2.94 bits per heavy atom. The summed E-state index contributed by atoms with van der Waals surface area (Å²) in [6.07, 6.45) is 1.40. The van der Waals surface area contributed by atoms with E-state index in [1.54, 1.807) is 11.8 Å². The lowest BCUT2D eigenvalue weighted by atomic mass is 10.0. The molecule has 17 heavy (non-hydrogen) atoms. The number of amides is 1. The number of nitrogens with zero attached hydrogens (tertiary/aromatic N) is 3. The van der Waals surface area contributed by atoms with Crippen molar-refractivity contribution in [1.82, 2.24) is 14.9 Å². The quantitative estimate of drug-likeness (QED) is 0.787. The number of rotatable bonds is 3. The van der Waals surface area contributed by atoms with E-state index < -0.39 is 0 Å². The largest absolute Gasteiger partial charge is 0.476 e. The SMILES string of the molecule is CC(=O)N1CC(COc2nc(Cl)ncc2Cl)C1. The van der Waals surface area contributed by atoms with Crippen LogP contribution in [-0.4, -0.2) is 40.5 Å². The lowest BCUT2D eigenvalue weighted by Gasteiger charge is -2.38. The van der Waals surface area contributed by atoms with Gasteiger partial charge in [0.05, 0.1) is 12.8 Å². The van der Waals surface area contributed by atoms with Crippen LogP contribution in [0.15, 0.2) is 6.20 Å². The molecule has 0 unspecified atom stereocenters. The van der Waals surface area contributed by atoms with Crippen molar-refractivity contribution in [3.8, 4) is 5.88 Å². The van der Waals surface area contributed by atoms with Gasteiger partial charge in [-0.25, -0.2) is 4.98 Å². The van der Waals surface area contributed by atoms with E-state index >= 15 is 0 Å². The van der Waals surface area contributed by atoms with Gasteiger partial charge in [0.2, 0.25) is 17.1 Å². The number of carbonyl (C=O) groups excluding carboxylic acids is 1. The summed E-state index contributed by atoms with van der Waals surface area (Å²) in [5, 5.41) is 0.431. The fourth-order valence-corrected chi connectivity index (χ4v) is 1.83. The number of hydrogen-bond donors (Lipinski definition) is 0. The molecule has 0 atom stereocenters. The number of likely N-dealkylation sites (tertiary alicyclic amines) is 1. The molecule has 0 spiro atoms. The highest BCUT2D eigenvalue weighted by Gasteiger charge is 2.29. The van der Waals surface area contributed by atoms with Crippen LogP contribution in [0, 0.1) is 5.92 Å². The van der Waals surface area contributed by atoms with E-state index in [1.165, 1.54) is 6.20 Å². The van der Waals surface area contributed by atoms with Crippen LogP contribution >= 0.6 is 23.2 Å². The summed E-state index contributed by atoms with van der Waals surface area (Å²) in [6, 6.07) is 0. The first-order valence-electron chi connectivity index (χ1n) is 5.12. The van der Waals surface area contributed by atoms with Crippen LogP contribution in [0.2, 0.25) is 10.3 Å². The number of ether oxygens (including phenoxy) is 1. The van der Waals surface area contributed by atoms with Crippen LogP contribution in [0.5, 0.6) is 5.88 Å². The minimum atomic E-state index is 0.0874. The van der Waals surface area contributed by atoms with E-state index in [0.29, 0.717) is 30.6 Å². The van der Waals surface area contributed by atoms with E-state index in [4.69, 9.17) is 27.9 Å². The molecular formula is C10H11Cl2N3O2. The van der Waals surface area contributed by atoms with Crippen LogP contribution in [-0.2, 0) is 4.79 Å². The topological polar surface area (TPSA) is 55.3 Å². The van der Waals surface area contributed by atoms with Gasteiger partial charge in [-0.15, -0.1) is 0 Å². The second-order valence-corrected chi connectivity index (χ2v) is 4.64. The Labute approximate surface area is 109 Å². The Bertz CT molecular complexity index is 436. The van der Waals surface area contributed by atoms with E-state index in [1.807, 2.05) is 0 Å². The van der Waals surface area contributed by atoms with Crippen LogP contribution in [0.3, 0.4) is 0 Å². The molecule has 0 saturated carbocycles. The average molecular weight is 276 g/mol. The maximum absolute atomic E-state index is 11.0. The average Bonchev–Trinajstić information content (AvgIpc) is 2.20. The minimum absolute atomic E-state index is 0.0874. The molecule has 1 aromatic heterocycles. The van der Waals surface area contributed by atoms with Crippen LogP contribution in [0.25, 0.3) is 0 Å². The molecule has 2 rings (SSSR count). The monoisotopic (exact) mass is 275 g/mol. The highest BCUT2D eigenvalue weighted by atomic mass is 35.5. The van der Waals surface area contributed by atoms with Gasteiger partial charge in [-0.3, -0.25) is 4.79 Å². The molecule has 92 valence electrons. The van der Waals surface area contributed by atoms with Crippen molar-refractivity contribution in [1.29, 1.82) is 0 Å². The van der Waals surface area contributed by atoms with Crippen LogP contribution < -0.4 is 4.74 Å². The lowest BCUT2D eigenvalue weighted by molar-refractivity contribution is -0.135. The molecule has 0 N–H and O–H groups in total. The van der Waals surface area contributed by atoms with Gasteiger partial charge in [-0.2, -0.15) is 4.98 Å². The summed E-state index contributed by atoms with van der Waals surface area (Å²) in [7, 11) is 0. The second-order valence-electron chi connectivity index (χ2n) is 3.89. The van der Waals surface area contributed by atoms with Gasteiger partial charge in [0.25, 0.3) is 0 Å². The predicted molar refractivity (Wildman–Crippen MR) is 63.3 cm³/mol. The van der Waals surface area contributed by atoms with Crippen molar-refractivity contribution < 1.29 is 9.53 Å². The van der Waals surface area contributed by atoms with Crippen molar-refractivity contribution in [2.24, 2.45) is 5.92 Å². The molecule has 1 aliphatic rings. The van der Waals surface area contributed by atoms with Gasteiger partial charge in [0, 0.05) is 25.9 Å². The van der Waals surface area contributed by atoms with Gasteiger partial charge < -0.3 is 9.64 Å². The van der Waals surface area contributed by atoms with Gasteiger partial charge in [-0.1, -0.05) is 11.6 Å². The number of halogens is 2. The fourth-order valence-electron chi connectivity index (χ4n) is 1.56. The molecule has 1 aliphatic heterocycles. The van der Waals surface area contributed by atoms with Crippen molar-refractivity contribution in [2.45, 2.75) is 6.92 Å². The molecule has 0 aromatic carbocycles. The molecule has 1 aromatic rings. The van der Waals surface area contributed by atoms with Gasteiger partial charge in [0.1, 0.15) is 5.02 Å². The van der Waals surface area contributed by atoms with Gasteiger partial charge in [-0.05, 0) is 11.6 Å². The summed E-state index contributed by atoms with van der Waals surface area (Å²) >= 11 is 11.5. The van der Waals surface area contributed by atoms with E-state index in [0.717, 1.165) is 0 Å². The van der Waals surface area contributed by atoms with Crippen LogP contribution in [0.1, 0.15) is 6.92 Å². The summed E-state index contributed by atoms with van der Waals surface area (Å²) < 4.78 is 5.44. The third kappa shape index (κ3) is 2.98. The second kappa shape index (κ2) is 5.06. The Morgan fingerprint density at radius 2 is 2.29 bits per heavy atom. The van der Waals surface area contributed by atoms with E-state index in [-0.39, 0.29) is 17.1 Å². The van der Waals surface area contributed by atoms with Crippen molar-refractivity contribution in [2.75, 3.05) is 19.7 Å². The first kappa shape index (κ1) is 12.4. The predicted octanol–water partition coefficient (Wildman–Crippen LogP) is 1.64. The zero-order valence-electron chi connectivity index (χ0n) is 9.19. The summed E-state index contributed by atoms with van der Waals surface area (Å²) in [4.78, 5) is 20.3. The number of carbonyl (C=O) groups is 1. The Morgan fingerprint density at radius 1 is 1.59 bits per heavy atom. The highest BCUT2D eigenvalue weighted by molar-refractivity contribution is 6.32. The minimum Gasteiger partial charge on any atom is -0.476 e. The van der Waals surface area contributed by atoms with Crippen molar-refractivity contribution in [3.05, 3.63) is 16.5 Å². The number of hydrogen-bond acceptors (Lipinski definition) is 4. The summed E-state index contributed by atoms with van der Waals surface area (Å²) in [5.74, 6) is 0.695. The zero-order chi connectivity index (χ0) is 12.4. The molecule has 0 aliphatic carbocycles. The Hall–Kier alpha value is -1.07. The highest BCUT2D eigenvalue weighted by Crippen LogP contribution is 2.24. The molecule has 1 amide bonds. The first-order chi connectivity index (χ1) is 8.06. The normalized spacial score (nSPS) is 15.6. The molecule has 5 nitrogen and oxygen atoms in total. The Kier molecular flexibility index (Phi) is 3.69. The van der Waals surface area contributed by atoms with E-state index in [2.05, 4.69) is 9.97 Å². The maximum atomic E-state index is 11.0. The van der Waals surface area contributed by atoms with E-state index in [9.17, 15) is 4.79 Å². The third-order valence-corrected chi connectivity index (χ3v) is 2.98. The fraction of sp³-hybridized carbons (Fsp3) is 0.500. The van der Waals surface area contributed by atoms with Crippen molar-refractivity contribution in [3.63, 3.8) is 0 Å². The molecular weight excluding hydrogens is 265 g/mol. The zero-order valence-corrected chi connectivity index (χ0v) is 10.7. The number of aromatic nitrogens is 2.